The predicted octanol–water partition coefficient (Wildman–Crippen LogP) is 3.50. The number of rotatable bonds is 4. The zero-order valence-electron chi connectivity index (χ0n) is 18.0. The van der Waals surface area contributed by atoms with Crippen molar-refractivity contribution in [1.82, 2.24) is 14.7 Å². The van der Waals surface area contributed by atoms with Gasteiger partial charge < -0.3 is 15.5 Å². The first kappa shape index (κ1) is 22.7. The van der Waals surface area contributed by atoms with Crippen LogP contribution >= 0.6 is 11.6 Å². The zero-order valence-corrected chi connectivity index (χ0v) is 18.7. The molecule has 0 aliphatic carbocycles. The number of anilines is 1. The Morgan fingerprint density at radius 3 is 2.42 bits per heavy atom. The maximum atomic E-state index is 13.2. The highest BCUT2D eigenvalue weighted by molar-refractivity contribution is 6.33. The molecule has 3 heterocycles. The molecule has 0 radical (unpaired) electrons. The zero-order chi connectivity index (χ0) is 22.5. The van der Waals surface area contributed by atoms with Crippen LogP contribution in [0.2, 0.25) is 5.02 Å². The molecule has 0 aromatic heterocycles. The number of nitrogens with zero attached hydrogens (tertiary/aromatic N) is 3. The molecule has 5 nitrogen and oxygen atoms in total. The second kappa shape index (κ2) is 8.45. The smallest absolute Gasteiger partial charge is 0.397 e. The monoisotopic (exact) mass is 458 g/mol. The van der Waals surface area contributed by atoms with Crippen LogP contribution in [0.1, 0.15) is 37.3 Å². The largest absolute Gasteiger partial charge is 0.418 e. The highest BCUT2D eigenvalue weighted by Gasteiger charge is 2.44. The van der Waals surface area contributed by atoms with Gasteiger partial charge in [-0.25, -0.2) is 0 Å². The van der Waals surface area contributed by atoms with Gasteiger partial charge in [-0.1, -0.05) is 18.5 Å². The average Bonchev–Trinajstić information content (AvgIpc) is 3.28. The molecule has 1 aromatic rings. The molecule has 0 saturated carbocycles. The van der Waals surface area contributed by atoms with E-state index in [4.69, 9.17) is 17.3 Å². The molecule has 2 N–H and O–H groups in total. The van der Waals surface area contributed by atoms with Gasteiger partial charge in [0.1, 0.15) is 0 Å². The van der Waals surface area contributed by atoms with E-state index in [9.17, 15) is 18.0 Å². The summed E-state index contributed by atoms with van der Waals surface area (Å²) in [7, 11) is 2.19. The first-order valence-electron chi connectivity index (χ1n) is 10.9. The van der Waals surface area contributed by atoms with Crippen molar-refractivity contribution < 1.29 is 18.0 Å². The Bertz CT molecular complexity index is 839. The first-order valence-corrected chi connectivity index (χ1v) is 11.3. The Hall–Kier alpha value is -1.51. The van der Waals surface area contributed by atoms with Gasteiger partial charge in [-0.3, -0.25) is 9.69 Å². The number of alkyl halides is 3. The number of carbonyl (C=O) groups is 1. The number of hydrogen-bond acceptors (Lipinski definition) is 4. The summed E-state index contributed by atoms with van der Waals surface area (Å²) in [4.78, 5) is 19.9. The fraction of sp³-hybridized carbons (Fsp3) is 0.682. The molecular weight excluding hydrogens is 429 g/mol. The molecule has 2 unspecified atom stereocenters. The summed E-state index contributed by atoms with van der Waals surface area (Å²) in [6.45, 7) is 5.42. The van der Waals surface area contributed by atoms with Crippen molar-refractivity contribution in [3.63, 3.8) is 0 Å². The van der Waals surface area contributed by atoms with Crippen LogP contribution in [-0.4, -0.2) is 72.0 Å². The average molecular weight is 459 g/mol. The van der Waals surface area contributed by atoms with Crippen LogP contribution in [0.15, 0.2) is 12.1 Å². The maximum Gasteiger partial charge on any atom is 0.418 e. The predicted molar refractivity (Wildman–Crippen MR) is 115 cm³/mol. The van der Waals surface area contributed by atoms with Gasteiger partial charge in [0.25, 0.3) is 0 Å². The van der Waals surface area contributed by atoms with Gasteiger partial charge in [0.2, 0.25) is 5.91 Å². The fourth-order valence-corrected chi connectivity index (χ4v) is 5.78. The number of halogens is 4. The van der Waals surface area contributed by atoms with E-state index in [-0.39, 0.29) is 17.4 Å². The van der Waals surface area contributed by atoms with Crippen LogP contribution in [0.4, 0.5) is 18.9 Å². The third-order valence-electron chi connectivity index (χ3n) is 7.26. The normalized spacial score (nSPS) is 26.6. The van der Waals surface area contributed by atoms with Crippen molar-refractivity contribution in [1.29, 1.82) is 0 Å². The lowest BCUT2D eigenvalue weighted by molar-refractivity contribution is -0.137. The molecule has 3 saturated heterocycles. The number of likely N-dealkylation sites (N-methyl/N-ethyl adjacent to an activating group) is 1. The molecule has 172 valence electrons. The van der Waals surface area contributed by atoms with E-state index >= 15 is 0 Å². The summed E-state index contributed by atoms with van der Waals surface area (Å²) >= 11 is 5.92. The van der Waals surface area contributed by atoms with E-state index in [1.165, 1.54) is 12.5 Å². The van der Waals surface area contributed by atoms with Crippen LogP contribution in [0, 0.1) is 5.92 Å². The van der Waals surface area contributed by atoms with Gasteiger partial charge in [-0.2, -0.15) is 13.2 Å². The minimum Gasteiger partial charge on any atom is -0.397 e. The fourth-order valence-electron chi connectivity index (χ4n) is 5.54. The highest BCUT2D eigenvalue weighted by Crippen LogP contribution is 2.38. The molecule has 3 fully saturated rings. The van der Waals surface area contributed by atoms with Crippen LogP contribution in [0.5, 0.6) is 0 Å². The van der Waals surface area contributed by atoms with Gasteiger partial charge in [0.05, 0.1) is 16.3 Å². The Kier molecular flexibility index (Phi) is 6.18. The van der Waals surface area contributed by atoms with Gasteiger partial charge >= 0.3 is 6.18 Å². The number of amides is 1. The Labute approximate surface area is 186 Å². The van der Waals surface area contributed by atoms with Gasteiger partial charge in [0, 0.05) is 50.2 Å². The topological polar surface area (TPSA) is 52.8 Å². The SMILES string of the molecule is C[C@H](Cc1cc(Cl)c(N)c(C(F)(F)F)c1)C(=O)N1CCC(N2CC3CC2CN3C)CC1. The van der Waals surface area contributed by atoms with Crippen LogP contribution in [0.3, 0.4) is 0 Å². The summed E-state index contributed by atoms with van der Waals surface area (Å²) in [5.74, 6) is -0.434. The summed E-state index contributed by atoms with van der Waals surface area (Å²) in [5, 5.41) is -0.129. The van der Waals surface area contributed by atoms with E-state index in [0.717, 1.165) is 32.0 Å². The van der Waals surface area contributed by atoms with Crippen molar-refractivity contribution in [3.8, 4) is 0 Å². The number of fused-ring (bicyclic) bond motifs is 2. The molecule has 31 heavy (non-hydrogen) atoms. The van der Waals surface area contributed by atoms with Crippen LogP contribution in [0.25, 0.3) is 0 Å². The molecule has 1 aromatic carbocycles. The summed E-state index contributed by atoms with van der Waals surface area (Å²) < 4.78 is 39.7. The van der Waals surface area contributed by atoms with E-state index in [0.29, 0.717) is 36.8 Å². The number of carbonyl (C=O) groups excluding carboxylic acids is 1. The maximum absolute atomic E-state index is 13.2. The van der Waals surface area contributed by atoms with Crippen molar-refractivity contribution in [2.75, 3.05) is 39.0 Å². The quantitative estimate of drug-likeness (QED) is 0.702. The molecule has 3 atom stereocenters. The summed E-state index contributed by atoms with van der Waals surface area (Å²) in [6, 6.07) is 4.27. The second-order valence-electron chi connectivity index (χ2n) is 9.38. The van der Waals surface area contributed by atoms with Crippen molar-refractivity contribution in [2.24, 2.45) is 5.92 Å². The van der Waals surface area contributed by atoms with Crippen molar-refractivity contribution >= 4 is 23.2 Å². The van der Waals surface area contributed by atoms with Crippen molar-refractivity contribution in [3.05, 3.63) is 28.3 Å². The number of hydrogen-bond donors (Lipinski definition) is 1. The Morgan fingerprint density at radius 1 is 1.19 bits per heavy atom. The lowest BCUT2D eigenvalue weighted by Crippen LogP contribution is -2.53. The van der Waals surface area contributed by atoms with Gasteiger partial charge in [-0.15, -0.1) is 0 Å². The van der Waals surface area contributed by atoms with E-state index in [2.05, 4.69) is 16.8 Å². The molecule has 0 spiro atoms. The molecule has 4 rings (SSSR count). The first-order chi connectivity index (χ1) is 14.5. The number of piperidine rings is 1. The van der Waals surface area contributed by atoms with E-state index in [1.807, 2.05) is 4.90 Å². The number of piperazine rings is 1. The highest BCUT2D eigenvalue weighted by atomic mass is 35.5. The molecular formula is C22H30ClF3N4O. The molecule has 1 amide bonds. The Morgan fingerprint density at radius 2 is 1.87 bits per heavy atom. The molecule has 2 bridgehead atoms. The van der Waals surface area contributed by atoms with Gasteiger partial charge in [0.15, 0.2) is 0 Å². The number of nitrogen functional groups attached to an aromatic ring is 1. The van der Waals surface area contributed by atoms with E-state index in [1.54, 1.807) is 6.92 Å². The lowest BCUT2D eigenvalue weighted by atomic mass is 9.95. The number of likely N-dealkylation sites (tertiary alicyclic amines) is 3. The third kappa shape index (κ3) is 4.52. The van der Waals surface area contributed by atoms with E-state index < -0.39 is 23.3 Å². The Balaban J connectivity index is 1.34. The molecule has 9 heteroatoms. The number of nitrogens with two attached hydrogens (primary N) is 1. The number of benzene rings is 1. The minimum absolute atomic E-state index is 0.0115. The van der Waals surface area contributed by atoms with Gasteiger partial charge in [-0.05, 0) is 50.4 Å². The third-order valence-corrected chi connectivity index (χ3v) is 7.57. The molecule has 3 aliphatic rings. The lowest BCUT2D eigenvalue weighted by Gasteiger charge is -2.42. The molecule has 3 aliphatic heterocycles. The van der Waals surface area contributed by atoms with Crippen LogP contribution in [-0.2, 0) is 17.4 Å². The minimum atomic E-state index is -4.58. The second-order valence-corrected chi connectivity index (χ2v) is 9.79. The van der Waals surface area contributed by atoms with Crippen molar-refractivity contribution in [2.45, 2.75) is 56.9 Å². The standard InChI is InChI=1S/C22H30ClF3N4O/c1-13(7-14-8-18(22(24,25)26)20(27)19(23)9-14)21(31)29-5-3-15(4-6-29)30-12-16-10-17(30)11-28(16)2/h8-9,13,15-17H,3-7,10-12,27H2,1-2H3/t13-,16?,17?/m1/s1. The summed E-state index contributed by atoms with van der Waals surface area (Å²) in [6.07, 6.45) is -1.22. The summed E-state index contributed by atoms with van der Waals surface area (Å²) in [5.41, 5.74) is 4.47. The van der Waals surface area contributed by atoms with Crippen LogP contribution < -0.4 is 5.73 Å².